The van der Waals surface area contributed by atoms with Gasteiger partial charge in [0.1, 0.15) is 11.9 Å². The number of aromatic nitrogens is 5. The minimum absolute atomic E-state index is 0.0621. The summed E-state index contributed by atoms with van der Waals surface area (Å²) in [5, 5.41) is 8.85. The van der Waals surface area contributed by atoms with Crippen molar-refractivity contribution in [3.63, 3.8) is 0 Å². The molecule has 8 nitrogen and oxygen atoms in total. The molecule has 9 heteroatoms. The molecule has 2 aliphatic rings. The Morgan fingerprint density at radius 2 is 2.18 bits per heavy atom. The van der Waals surface area contributed by atoms with E-state index in [9.17, 15) is 4.79 Å². The molecule has 4 heterocycles. The maximum atomic E-state index is 12.5. The molecule has 0 spiro atoms. The molecule has 1 N–H and O–H groups in total. The van der Waals surface area contributed by atoms with E-state index in [1.54, 1.807) is 6.20 Å². The molecule has 5 rings (SSSR count). The average molecular weight is 401 g/mol. The zero-order valence-electron chi connectivity index (χ0n) is 15.9. The number of carbonyl (C=O) groups is 1. The van der Waals surface area contributed by atoms with Crippen LogP contribution in [0.5, 0.6) is 0 Å². The van der Waals surface area contributed by atoms with Gasteiger partial charge in [0.05, 0.1) is 11.7 Å². The maximum absolute atomic E-state index is 12.5. The van der Waals surface area contributed by atoms with Crippen molar-refractivity contribution in [2.45, 2.75) is 38.2 Å². The predicted octanol–water partition coefficient (Wildman–Crippen LogP) is 3.06. The van der Waals surface area contributed by atoms with Crippen LogP contribution in [0.15, 0.2) is 18.5 Å². The predicted molar refractivity (Wildman–Crippen MR) is 108 cm³/mol. The van der Waals surface area contributed by atoms with Crippen molar-refractivity contribution in [3.05, 3.63) is 24.3 Å². The van der Waals surface area contributed by atoms with Gasteiger partial charge in [0, 0.05) is 36.7 Å². The summed E-state index contributed by atoms with van der Waals surface area (Å²) in [5.74, 6) is 3.57. The molecule has 1 aliphatic heterocycles. The van der Waals surface area contributed by atoms with Crippen LogP contribution in [0.3, 0.4) is 0 Å². The number of aromatic amines is 1. The number of hydrogen-bond donors (Lipinski definition) is 1. The molecular formula is C19H24N6O2S. The van der Waals surface area contributed by atoms with Crippen molar-refractivity contribution >= 4 is 34.7 Å². The fourth-order valence-electron chi connectivity index (χ4n) is 4.54. The lowest BCUT2D eigenvalue weighted by Gasteiger charge is -2.27. The number of rotatable bonds is 3. The minimum Gasteiger partial charge on any atom is -0.446 e. The van der Waals surface area contributed by atoms with Crippen LogP contribution >= 0.6 is 11.8 Å². The second-order valence-electron chi connectivity index (χ2n) is 7.57. The van der Waals surface area contributed by atoms with Gasteiger partial charge in [-0.25, -0.2) is 9.78 Å². The van der Waals surface area contributed by atoms with Gasteiger partial charge in [-0.15, -0.1) is 10.2 Å². The molecule has 0 aromatic carbocycles. The van der Waals surface area contributed by atoms with Crippen molar-refractivity contribution in [2.24, 2.45) is 5.92 Å². The quantitative estimate of drug-likeness (QED) is 0.727. The second-order valence-corrected chi connectivity index (χ2v) is 8.80. The van der Waals surface area contributed by atoms with Gasteiger partial charge >= 0.3 is 6.09 Å². The molecule has 1 saturated carbocycles. The summed E-state index contributed by atoms with van der Waals surface area (Å²) in [6, 6.07) is 2.00. The third-order valence-electron chi connectivity index (χ3n) is 6.01. The summed E-state index contributed by atoms with van der Waals surface area (Å²) in [6.07, 6.45) is 6.10. The van der Waals surface area contributed by atoms with Gasteiger partial charge in [-0.3, -0.25) is 4.40 Å². The van der Waals surface area contributed by atoms with E-state index in [0.29, 0.717) is 5.92 Å². The number of carbonyl (C=O) groups excluding carboxylic acids is 1. The fourth-order valence-corrected chi connectivity index (χ4v) is 5.44. The number of nitrogens with zero attached hydrogens (tertiary/aromatic N) is 5. The molecule has 148 valence electrons. The van der Waals surface area contributed by atoms with E-state index in [-0.39, 0.29) is 18.1 Å². The molecule has 0 bridgehead atoms. The van der Waals surface area contributed by atoms with Crippen molar-refractivity contribution in [2.75, 3.05) is 24.6 Å². The van der Waals surface area contributed by atoms with Gasteiger partial charge in [-0.05, 0) is 24.8 Å². The highest BCUT2D eigenvalue weighted by Crippen LogP contribution is 2.42. The van der Waals surface area contributed by atoms with Crippen molar-refractivity contribution in [1.82, 2.24) is 29.5 Å². The van der Waals surface area contributed by atoms with E-state index >= 15 is 0 Å². The Hall–Kier alpha value is -2.29. The monoisotopic (exact) mass is 400 g/mol. The van der Waals surface area contributed by atoms with Crippen LogP contribution in [0.25, 0.3) is 16.8 Å². The maximum Gasteiger partial charge on any atom is 0.410 e. The lowest BCUT2D eigenvalue weighted by molar-refractivity contribution is 0.0658. The van der Waals surface area contributed by atoms with Gasteiger partial charge < -0.3 is 14.6 Å². The van der Waals surface area contributed by atoms with Crippen LogP contribution < -0.4 is 0 Å². The largest absolute Gasteiger partial charge is 0.446 e. The van der Waals surface area contributed by atoms with E-state index in [4.69, 9.17) is 4.74 Å². The van der Waals surface area contributed by atoms with Crippen LogP contribution in [0.2, 0.25) is 0 Å². The number of nitrogens with one attached hydrogen (secondary N) is 1. The van der Waals surface area contributed by atoms with Crippen LogP contribution in [-0.4, -0.2) is 66.3 Å². The molecule has 3 unspecified atom stereocenters. The van der Waals surface area contributed by atoms with E-state index in [0.717, 1.165) is 66.5 Å². The van der Waals surface area contributed by atoms with E-state index < -0.39 is 0 Å². The third-order valence-corrected chi connectivity index (χ3v) is 6.95. The molecule has 2 fully saturated rings. The molecule has 28 heavy (non-hydrogen) atoms. The lowest BCUT2D eigenvalue weighted by atomic mass is 9.93. The number of H-pyrrole nitrogens is 1. The first-order valence-electron chi connectivity index (χ1n) is 9.95. The smallest absolute Gasteiger partial charge is 0.410 e. The van der Waals surface area contributed by atoms with Gasteiger partial charge in [0.2, 0.25) is 0 Å². The minimum atomic E-state index is -0.163. The van der Waals surface area contributed by atoms with Crippen molar-refractivity contribution in [3.8, 4) is 0 Å². The Kier molecular flexibility index (Phi) is 4.62. The number of thioether (sulfide) groups is 1. The average Bonchev–Trinajstić information content (AvgIpc) is 3.45. The van der Waals surface area contributed by atoms with E-state index in [1.807, 2.05) is 28.9 Å². The normalized spacial score (nSPS) is 25.6. The first-order valence-corrected chi connectivity index (χ1v) is 11.1. The highest BCUT2D eigenvalue weighted by molar-refractivity contribution is 7.99. The van der Waals surface area contributed by atoms with Crippen molar-refractivity contribution < 1.29 is 9.53 Å². The van der Waals surface area contributed by atoms with Crippen LogP contribution in [-0.2, 0) is 4.74 Å². The number of fused-ring (bicyclic) bond motifs is 3. The Bertz CT molecular complexity index is 995. The van der Waals surface area contributed by atoms with Gasteiger partial charge in [0.25, 0.3) is 0 Å². The summed E-state index contributed by atoms with van der Waals surface area (Å²) in [5.41, 5.74) is 2.56. The second kappa shape index (κ2) is 7.27. The van der Waals surface area contributed by atoms with Crippen LogP contribution in [0.4, 0.5) is 4.79 Å². The van der Waals surface area contributed by atoms with Gasteiger partial charge in [0.15, 0.2) is 11.3 Å². The summed E-state index contributed by atoms with van der Waals surface area (Å²) < 4.78 is 7.99. The fraction of sp³-hybridized carbons (Fsp3) is 0.579. The third kappa shape index (κ3) is 3.01. The van der Waals surface area contributed by atoms with Gasteiger partial charge in [-0.1, -0.05) is 13.3 Å². The Morgan fingerprint density at radius 1 is 1.32 bits per heavy atom. The highest BCUT2D eigenvalue weighted by atomic mass is 32.2. The molecular weight excluding hydrogens is 376 g/mol. The first kappa shape index (κ1) is 17.8. The zero-order chi connectivity index (χ0) is 19.1. The summed E-state index contributed by atoms with van der Waals surface area (Å²) in [6.45, 7) is 3.76. The molecule has 1 saturated heterocycles. The standard InChI is InChI=1S/C19H24N6O2S/c1-2-12-9-13(27-19(26)24-5-7-28-8-6-24)10-14(12)18-23-22-16-11-21-17-15(25(16)18)3-4-20-17/h3-4,11-14,20H,2,5-10H2,1H3. The van der Waals surface area contributed by atoms with Crippen LogP contribution in [0.1, 0.15) is 37.9 Å². The summed E-state index contributed by atoms with van der Waals surface area (Å²) >= 11 is 1.89. The van der Waals surface area contributed by atoms with E-state index in [1.165, 1.54) is 0 Å². The zero-order valence-corrected chi connectivity index (χ0v) is 16.7. The molecule has 0 radical (unpaired) electrons. The lowest BCUT2D eigenvalue weighted by Crippen LogP contribution is -2.39. The Morgan fingerprint density at radius 3 is 3.00 bits per heavy atom. The molecule has 3 atom stereocenters. The molecule has 3 aromatic heterocycles. The van der Waals surface area contributed by atoms with Gasteiger partial charge in [-0.2, -0.15) is 11.8 Å². The van der Waals surface area contributed by atoms with Crippen molar-refractivity contribution in [1.29, 1.82) is 0 Å². The topological polar surface area (TPSA) is 88.4 Å². The SMILES string of the molecule is CCC1CC(OC(=O)N2CCSCC2)CC1c1nnc2cnc3[nH]ccc3n12. The number of amides is 1. The van der Waals surface area contributed by atoms with Crippen LogP contribution in [0, 0.1) is 5.92 Å². The Balaban J connectivity index is 1.40. The molecule has 1 amide bonds. The number of hydrogen-bond acceptors (Lipinski definition) is 6. The molecule has 3 aromatic rings. The summed E-state index contributed by atoms with van der Waals surface area (Å²) in [7, 11) is 0. The number of ether oxygens (including phenoxy) is 1. The Labute approximate surface area is 167 Å². The summed E-state index contributed by atoms with van der Waals surface area (Å²) in [4.78, 5) is 21.9. The highest BCUT2D eigenvalue weighted by Gasteiger charge is 2.39. The first-order chi connectivity index (χ1) is 13.7. The van der Waals surface area contributed by atoms with E-state index in [2.05, 4.69) is 31.5 Å². The molecule has 1 aliphatic carbocycles.